The number of carbonyl (C=O) groups is 4. The molecule has 14 nitrogen and oxygen atoms in total. The van der Waals surface area contributed by atoms with Gasteiger partial charge in [-0.05, 0) is 11.1 Å². The number of amides is 4. The van der Waals surface area contributed by atoms with Crippen molar-refractivity contribution in [2.45, 2.75) is 37.5 Å². The van der Waals surface area contributed by atoms with Gasteiger partial charge in [-0.1, -0.05) is 97.1 Å². The van der Waals surface area contributed by atoms with Crippen molar-refractivity contribution < 1.29 is 107 Å². The summed E-state index contributed by atoms with van der Waals surface area (Å²) >= 11 is 0. The molecular weight excluding hydrogens is 815 g/mol. The molecule has 2 fully saturated rings. The SMILES string of the molecule is COc1c2c(c(OC)c3ccccc13)CN1C(=O)N3Cc4c(c(OC)c5ccccc5c4OC)CN4C(=O)N(C2)C1(c1ccc(C(=O)[O-])cc1)C43c1ccc(C(=O)[O-])cc1.[Na+].[Na+]. The molecule has 0 radical (unpaired) electrons. The van der Waals surface area contributed by atoms with E-state index in [1.807, 2.05) is 48.5 Å². The van der Waals surface area contributed by atoms with Crippen molar-refractivity contribution in [2.75, 3.05) is 28.4 Å². The Balaban J connectivity index is 0.00000264. The smallest absolute Gasteiger partial charge is 0.545 e. The van der Waals surface area contributed by atoms with Crippen LogP contribution in [0.2, 0.25) is 0 Å². The summed E-state index contributed by atoms with van der Waals surface area (Å²) < 4.78 is 24.6. The quantitative estimate of drug-likeness (QED) is 0.168. The number of carboxylic acids is 2. The van der Waals surface area contributed by atoms with E-state index < -0.39 is 35.3 Å². The molecule has 6 aromatic rings. The van der Waals surface area contributed by atoms with Crippen molar-refractivity contribution >= 4 is 45.5 Å². The average molecular weight is 851 g/mol. The maximum Gasteiger partial charge on any atom is 1.00 e. The van der Waals surface area contributed by atoms with Gasteiger partial charge in [0.15, 0.2) is 11.3 Å². The molecule has 0 N–H and O–H groups in total. The molecule has 10 rings (SSSR count). The van der Waals surface area contributed by atoms with Crippen LogP contribution in [0.15, 0.2) is 97.1 Å². The summed E-state index contributed by atoms with van der Waals surface area (Å²) in [6, 6.07) is 26.2. The second kappa shape index (κ2) is 15.7. The van der Waals surface area contributed by atoms with Crippen LogP contribution < -0.4 is 88.3 Å². The van der Waals surface area contributed by atoms with Gasteiger partial charge < -0.3 is 38.7 Å². The van der Waals surface area contributed by atoms with E-state index in [9.17, 15) is 19.8 Å². The summed E-state index contributed by atoms with van der Waals surface area (Å²) in [6.45, 7) is -0.338. The minimum absolute atomic E-state index is 0. The molecule has 4 aliphatic heterocycles. The fourth-order valence-electron chi connectivity index (χ4n) is 10.5. The van der Waals surface area contributed by atoms with Crippen LogP contribution in [0.25, 0.3) is 21.5 Å². The minimum atomic E-state index is -1.77. The van der Waals surface area contributed by atoms with Crippen molar-refractivity contribution in [3.8, 4) is 23.0 Å². The van der Waals surface area contributed by atoms with Gasteiger partial charge in [-0.15, -0.1) is 0 Å². The second-order valence-electron chi connectivity index (χ2n) is 15.1. The first kappa shape index (κ1) is 43.2. The van der Waals surface area contributed by atoms with Gasteiger partial charge in [0, 0.05) is 54.9 Å². The van der Waals surface area contributed by atoms with E-state index in [4.69, 9.17) is 18.9 Å². The van der Waals surface area contributed by atoms with E-state index in [-0.39, 0.29) is 96.4 Å². The van der Waals surface area contributed by atoms with E-state index in [2.05, 4.69) is 0 Å². The molecule has 4 heterocycles. The van der Waals surface area contributed by atoms with Gasteiger partial charge in [0.05, 0.1) is 66.6 Å². The number of methoxy groups -OCH3 is 4. The summed E-state index contributed by atoms with van der Waals surface area (Å²) in [4.78, 5) is 63.0. The zero-order valence-corrected chi connectivity index (χ0v) is 38.9. The third kappa shape index (κ3) is 5.43. The number of hydrogen-bond acceptors (Lipinski definition) is 10. The normalized spacial score (nSPS) is 19.4. The number of urea groups is 2. The number of benzene rings is 6. The van der Waals surface area contributed by atoms with E-state index in [0.29, 0.717) is 56.4 Å². The molecular formula is C46H36N4Na2O10. The van der Waals surface area contributed by atoms with Gasteiger partial charge in [0.2, 0.25) is 0 Å². The monoisotopic (exact) mass is 850 g/mol. The Bertz CT molecular complexity index is 2550. The van der Waals surface area contributed by atoms with Crippen LogP contribution in [0.5, 0.6) is 23.0 Å². The van der Waals surface area contributed by atoms with Crippen LogP contribution in [-0.4, -0.2) is 72.0 Å². The molecule has 0 aromatic heterocycles. The summed E-state index contributed by atoms with van der Waals surface area (Å²) in [7, 11) is 6.23. The fraction of sp³-hybridized carbons (Fsp3) is 0.217. The standard InChI is InChI=1S/C46H38N4O10.2Na/c1-57-37-29-9-5-6-10-30(29)38(58-2)34-22-48-44(56)50-24-36-35(39(59-3)31-11-7-8-12-32(31)40(36)60-4)23-49-43(55)47(21-33(34)37)45(48,27-17-13-25(14-18-27)41(51)52)46(49,50)28-19-15-26(16-20-28)42(53)54;;/h5-20H,21-24H2,1-4H3,(H,51,52)(H,53,54);;/q;2*+1/p-2. The number of carboxylic acid groups (broad SMARTS) is 2. The summed E-state index contributed by atoms with van der Waals surface area (Å²) in [5, 5.41) is 27.3. The second-order valence-corrected chi connectivity index (χ2v) is 15.1. The zero-order chi connectivity index (χ0) is 41.8. The summed E-state index contributed by atoms with van der Waals surface area (Å²) in [5.41, 5.74) is -0.455. The number of ether oxygens (including phenoxy) is 4. The number of hydrogen-bond donors (Lipinski definition) is 0. The molecule has 6 aromatic carbocycles. The topological polar surface area (TPSA) is 164 Å². The number of aromatic carboxylic acids is 2. The molecule has 4 aliphatic rings. The Morgan fingerprint density at radius 1 is 0.452 bits per heavy atom. The van der Waals surface area contributed by atoms with Gasteiger partial charge in [-0.3, -0.25) is 19.6 Å². The Morgan fingerprint density at radius 2 is 0.694 bits per heavy atom. The molecule has 0 bridgehead atoms. The number of rotatable bonds is 8. The van der Waals surface area contributed by atoms with Crippen molar-refractivity contribution in [3.05, 3.63) is 142 Å². The molecule has 4 amide bonds. The Hall–Kier alpha value is -5.48. The Kier molecular flexibility index (Phi) is 10.9. The van der Waals surface area contributed by atoms with E-state index in [0.717, 1.165) is 21.5 Å². The Morgan fingerprint density at radius 3 is 0.903 bits per heavy atom. The van der Waals surface area contributed by atoms with Crippen molar-refractivity contribution in [2.24, 2.45) is 0 Å². The molecule has 0 spiro atoms. The van der Waals surface area contributed by atoms with E-state index in [1.54, 1.807) is 72.3 Å². The van der Waals surface area contributed by atoms with E-state index in [1.165, 1.54) is 24.3 Å². The average Bonchev–Trinajstić information content (AvgIpc) is 3.41. The van der Waals surface area contributed by atoms with Gasteiger partial charge >= 0.3 is 71.2 Å². The van der Waals surface area contributed by atoms with Crippen LogP contribution in [0, 0.1) is 0 Å². The maximum atomic E-state index is 16.0. The Labute approximate surface area is 400 Å². The van der Waals surface area contributed by atoms with Crippen LogP contribution in [-0.2, 0) is 37.5 Å². The van der Waals surface area contributed by atoms with Crippen LogP contribution >= 0.6 is 0 Å². The first-order valence-corrected chi connectivity index (χ1v) is 19.2. The van der Waals surface area contributed by atoms with Crippen LogP contribution in [0.4, 0.5) is 9.59 Å². The van der Waals surface area contributed by atoms with Gasteiger partial charge in [0.1, 0.15) is 23.0 Å². The first-order valence-electron chi connectivity index (χ1n) is 19.2. The zero-order valence-electron chi connectivity index (χ0n) is 34.9. The molecule has 2 saturated heterocycles. The van der Waals surface area contributed by atoms with Crippen LogP contribution in [0.3, 0.4) is 0 Å². The van der Waals surface area contributed by atoms with Gasteiger partial charge in [0.25, 0.3) is 0 Å². The number of nitrogens with zero attached hydrogens (tertiary/aromatic N) is 4. The molecule has 302 valence electrons. The maximum absolute atomic E-state index is 16.0. The third-order valence-electron chi connectivity index (χ3n) is 12.8. The largest absolute Gasteiger partial charge is 1.00 e. The molecule has 0 unspecified atom stereocenters. The molecule has 0 atom stereocenters. The van der Waals surface area contributed by atoms with Crippen molar-refractivity contribution in [1.29, 1.82) is 0 Å². The molecule has 0 saturated carbocycles. The molecule has 0 aliphatic carbocycles. The predicted molar refractivity (Wildman–Crippen MR) is 212 cm³/mol. The first-order chi connectivity index (χ1) is 29.1. The predicted octanol–water partition coefficient (Wildman–Crippen LogP) is -1.33. The third-order valence-corrected chi connectivity index (χ3v) is 12.8. The van der Waals surface area contributed by atoms with Gasteiger partial charge in [-0.25, -0.2) is 9.59 Å². The number of carbonyl (C=O) groups excluding carboxylic acids is 4. The van der Waals surface area contributed by atoms with E-state index >= 15 is 9.59 Å². The minimum Gasteiger partial charge on any atom is -0.545 e. The van der Waals surface area contributed by atoms with Gasteiger partial charge in [-0.2, -0.15) is 0 Å². The van der Waals surface area contributed by atoms with Crippen molar-refractivity contribution in [1.82, 2.24) is 19.6 Å². The number of fused-ring (bicyclic) bond motifs is 4. The van der Waals surface area contributed by atoms with Crippen LogP contribution in [0.1, 0.15) is 54.1 Å². The molecule has 16 heteroatoms. The summed E-state index contributed by atoms with van der Waals surface area (Å²) in [5.74, 6) is -0.801. The summed E-state index contributed by atoms with van der Waals surface area (Å²) in [6.07, 6.45) is 0. The fourth-order valence-corrected chi connectivity index (χ4v) is 10.5. The molecule has 62 heavy (non-hydrogen) atoms. The van der Waals surface area contributed by atoms with Crippen molar-refractivity contribution in [3.63, 3.8) is 0 Å².